The molecule has 1 aliphatic carbocycles. The molecule has 3 N–H and O–H groups in total. The van der Waals surface area contributed by atoms with Gasteiger partial charge in [0.2, 0.25) is 0 Å². The summed E-state index contributed by atoms with van der Waals surface area (Å²) in [5, 5.41) is 14.0. The van der Waals surface area contributed by atoms with Crippen LogP contribution in [0.2, 0.25) is 0 Å². The summed E-state index contributed by atoms with van der Waals surface area (Å²) in [7, 11) is 0. The van der Waals surface area contributed by atoms with E-state index in [2.05, 4.69) is 26.1 Å². The Labute approximate surface area is 167 Å². The maximum atomic E-state index is 12.6. The van der Waals surface area contributed by atoms with Gasteiger partial charge < -0.3 is 11.1 Å². The summed E-state index contributed by atoms with van der Waals surface area (Å²) in [6.07, 6.45) is 2.60. The summed E-state index contributed by atoms with van der Waals surface area (Å²) < 4.78 is 0. The summed E-state index contributed by atoms with van der Waals surface area (Å²) in [5.41, 5.74) is 7.30. The highest BCUT2D eigenvalue weighted by atomic mass is 32.1. The van der Waals surface area contributed by atoms with Crippen molar-refractivity contribution in [3.05, 3.63) is 55.9 Å². The first-order valence-corrected chi connectivity index (χ1v) is 9.89. The third-order valence-electron chi connectivity index (χ3n) is 5.30. The van der Waals surface area contributed by atoms with Crippen molar-refractivity contribution in [1.29, 1.82) is 0 Å². The van der Waals surface area contributed by atoms with Gasteiger partial charge in [0.15, 0.2) is 0 Å². The zero-order valence-corrected chi connectivity index (χ0v) is 16.9. The van der Waals surface area contributed by atoms with Crippen LogP contribution >= 0.6 is 11.3 Å². The molecule has 0 saturated heterocycles. The first-order chi connectivity index (χ1) is 13.1. The Hall–Kier alpha value is -2.74. The van der Waals surface area contributed by atoms with Crippen molar-refractivity contribution in [2.45, 2.75) is 40.0 Å². The number of rotatable bonds is 4. The average Bonchev–Trinajstić information content (AvgIpc) is 2.98. The Morgan fingerprint density at radius 2 is 1.89 bits per heavy atom. The van der Waals surface area contributed by atoms with E-state index >= 15 is 0 Å². The highest BCUT2D eigenvalue weighted by Gasteiger charge is 2.33. The van der Waals surface area contributed by atoms with E-state index in [1.807, 2.05) is 0 Å². The van der Waals surface area contributed by atoms with Crippen molar-refractivity contribution in [2.75, 3.05) is 5.32 Å². The van der Waals surface area contributed by atoms with E-state index in [9.17, 15) is 19.7 Å². The van der Waals surface area contributed by atoms with Crippen LogP contribution in [-0.2, 0) is 12.8 Å². The first kappa shape index (κ1) is 20.0. The van der Waals surface area contributed by atoms with Crippen molar-refractivity contribution >= 4 is 33.8 Å². The number of nitrogens with two attached hydrogens (primary N) is 1. The van der Waals surface area contributed by atoms with Crippen LogP contribution in [0.4, 0.5) is 10.7 Å². The number of nitro groups is 1. The number of anilines is 1. The highest BCUT2D eigenvalue weighted by molar-refractivity contribution is 7.17. The number of hydrogen-bond donors (Lipinski definition) is 2. The number of amides is 2. The molecular formula is C20H23N3O4S. The van der Waals surface area contributed by atoms with Crippen molar-refractivity contribution in [1.82, 2.24) is 0 Å². The van der Waals surface area contributed by atoms with Gasteiger partial charge in [0.1, 0.15) is 5.00 Å². The van der Waals surface area contributed by atoms with Crippen LogP contribution in [-0.4, -0.2) is 16.7 Å². The Morgan fingerprint density at radius 3 is 2.43 bits per heavy atom. The zero-order chi connectivity index (χ0) is 20.6. The molecule has 1 heterocycles. The van der Waals surface area contributed by atoms with Crippen LogP contribution in [0.25, 0.3) is 0 Å². The third-order valence-corrected chi connectivity index (χ3v) is 6.47. The Morgan fingerprint density at radius 1 is 1.25 bits per heavy atom. The second-order valence-electron chi connectivity index (χ2n) is 8.14. The molecule has 1 aromatic heterocycles. The zero-order valence-electron chi connectivity index (χ0n) is 16.1. The topological polar surface area (TPSA) is 115 Å². The van der Waals surface area contributed by atoms with E-state index in [-0.39, 0.29) is 16.7 Å². The van der Waals surface area contributed by atoms with E-state index in [0.717, 1.165) is 29.7 Å². The number of carbonyl (C=O) groups is 2. The molecule has 0 radical (unpaired) electrons. The number of carbonyl (C=O) groups excluding carboxylic acids is 2. The van der Waals surface area contributed by atoms with Crippen molar-refractivity contribution < 1.29 is 14.5 Å². The molecule has 0 bridgehead atoms. The molecule has 1 atom stereocenters. The molecule has 7 nitrogen and oxygen atoms in total. The van der Waals surface area contributed by atoms with E-state index < -0.39 is 16.7 Å². The van der Waals surface area contributed by atoms with Gasteiger partial charge >= 0.3 is 0 Å². The SMILES string of the molecule is CC(C)(C)[C@H]1CCc2c(sc(NC(=O)c3ccc([N+](=O)[O-])cc3)c2C(N)=O)C1. The fourth-order valence-electron chi connectivity index (χ4n) is 3.58. The molecule has 0 unspecified atom stereocenters. The van der Waals surface area contributed by atoms with Crippen molar-refractivity contribution in [2.24, 2.45) is 17.1 Å². The van der Waals surface area contributed by atoms with E-state index in [0.29, 0.717) is 16.5 Å². The largest absolute Gasteiger partial charge is 0.365 e. The summed E-state index contributed by atoms with van der Waals surface area (Å²) in [6, 6.07) is 5.33. The van der Waals surface area contributed by atoms with E-state index in [1.54, 1.807) is 0 Å². The van der Waals surface area contributed by atoms with Gasteiger partial charge in [-0.05, 0) is 48.3 Å². The summed E-state index contributed by atoms with van der Waals surface area (Å²) in [6.45, 7) is 6.63. The number of benzene rings is 1. The number of thiophene rings is 1. The lowest BCUT2D eigenvalue weighted by molar-refractivity contribution is -0.384. The molecule has 2 aromatic rings. The molecule has 0 spiro atoms. The molecule has 148 valence electrons. The molecular weight excluding hydrogens is 378 g/mol. The lowest BCUT2D eigenvalue weighted by Crippen LogP contribution is -2.27. The van der Waals surface area contributed by atoms with Crippen molar-refractivity contribution in [3.63, 3.8) is 0 Å². The normalized spacial score (nSPS) is 16.3. The maximum absolute atomic E-state index is 12.6. The van der Waals surface area contributed by atoms with Gasteiger partial charge in [-0.25, -0.2) is 0 Å². The Bertz CT molecular complexity index is 942. The van der Waals surface area contributed by atoms with Crippen LogP contribution < -0.4 is 11.1 Å². The molecule has 8 heteroatoms. The lowest BCUT2D eigenvalue weighted by Gasteiger charge is -2.33. The molecule has 28 heavy (non-hydrogen) atoms. The summed E-state index contributed by atoms with van der Waals surface area (Å²) in [4.78, 5) is 36.0. The molecule has 0 aliphatic heterocycles. The van der Waals surface area contributed by atoms with Gasteiger partial charge in [-0.1, -0.05) is 20.8 Å². The molecule has 0 fully saturated rings. The minimum absolute atomic E-state index is 0.0887. The monoisotopic (exact) mass is 401 g/mol. The number of nitrogens with one attached hydrogen (secondary N) is 1. The second-order valence-corrected chi connectivity index (χ2v) is 9.24. The van der Waals surface area contributed by atoms with Gasteiger partial charge in [-0.2, -0.15) is 0 Å². The molecule has 0 saturated carbocycles. The van der Waals surface area contributed by atoms with E-state index in [1.165, 1.54) is 35.6 Å². The predicted molar refractivity (Wildman–Crippen MR) is 109 cm³/mol. The van der Waals surface area contributed by atoms with Gasteiger partial charge in [0.25, 0.3) is 17.5 Å². The van der Waals surface area contributed by atoms with Gasteiger partial charge in [-0.3, -0.25) is 19.7 Å². The van der Waals surface area contributed by atoms with Gasteiger partial charge in [-0.15, -0.1) is 11.3 Å². The fourth-order valence-corrected chi connectivity index (χ4v) is 4.91. The molecule has 1 aliphatic rings. The quantitative estimate of drug-likeness (QED) is 0.591. The number of fused-ring (bicyclic) bond motifs is 1. The smallest absolute Gasteiger partial charge is 0.269 e. The average molecular weight is 401 g/mol. The van der Waals surface area contributed by atoms with Crippen LogP contribution in [0.5, 0.6) is 0 Å². The maximum Gasteiger partial charge on any atom is 0.269 e. The Kier molecular flexibility index (Phi) is 5.25. The fraction of sp³-hybridized carbons (Fsp3) is 0.400. The van der Waals surface area contributed by atoms with Crippen LogP contribution in [0.1, 0.15) is 58.3 Å². The van der Waals surface area contributed by atoms with Crippen LogP contribution in [0.15, 0.2) is 24.3 Å². The number of hydrogen-bond acceptors (Lipinski definition) is 5. The van der Waals surface area contributed by atoms with Gasteiger partial charge in [0.05, 0.1) is 10.5 Å². The molecule has 1 aromatic carbocycles. The number of primary amides is 1. The minimum atomic E-state index is -0.550. The lowest BCUT2D eigenvalue weighted by atomic mass is 9.72. The van der Waals surface area contributed by atoms with Crippen molar-refractivity contribution in [3.8, 4) is 0 Å². The predicted octanol–water partition coefficient (Wildman–Crippen LogP) is 4.16. The Balaban J connectivity index is 1.88. The van der Waals surface area contributed by atoms with E-state index in [4.69, 9.17) is 5.73 Å². The third kappa shape index (κ3) is 3.91. The number of nitro benzene ring substituents is 1. The number of non-ortho nitro benzene ring substituents is 1. The molecule has 3 rings (SSSR count). The highest BCUT2D eigenvalue weighted by Crippen LogP contribution is 2.44. The first-order valence-electron chi connectivity index (χ1n) is 9.08. The standard InChI is InChI=1S/C20H23N3O4S/c1-20(2,3)12-6-9-14-15(10-12)28-19(16(14)17(21)24)22-18(25)11-4-7-13(8-5-11)23(26)27/h4-5,7-8,12H,6,9-10H2,1-3H3,(H2,21,24)(H,22,25)/t12-/m0/s1. The molecule has 2 amide bonds. The summed E-state index contributed by atoms with van der Waals surface area (Å²) >= 11 is 1.40. The van der Waals surface area contributed by atoms with Crippen LogP contribution in [0.3, 0.4) is 0 Å². The summed E-state index contributed by atoms with van der Waals surface area (Å²) in [5.74, 6) is -0.480. The second kappa shape index (κ2) is 7.35. The number of nitrogens with zero attached hydrogens (tertiary/aromatic N) is 1. The minimum Gasteiger partial charge on any atom is -0.365 e. The van der Waals surface area contributed by atoms with Gasteiger partial charge in [0, 0.05) is 22.6 Å². The van der Waals surface area contributed by atoms with Crippen LogP contribution in [0, 0.1) is 21.4 Å².